The number of carbonyl (C=O) groups excluding carboxylic acids is 1. The molecule has 1 atom stereocenters. The van der Waals surface area contributed by atoms with Gasteiger partial charge in [-0.3, -0.25) is 4.79 Å². The molecule has 6 heteroatoms. The zero-order valence-electron chi connectivity index (χ0n) is 15.8. The third-order valence-corrected chi connectivity index (χ3v) is 6.09. The fraction of sp³-hybridized carbons (Fsp3) is 0.455. The van der Waals surface area contributed by atoms with Crippen LogP contribution in [0.1, 0.15) is 71.8 Å². The Morgan fingerprint density at radius 3 is 2.50 bits per heavy atom. The van der Waals surface area contributed by atoms with E-state index in [0.717, 1.165) is 31.2 Å². The van der Waals surface area contributed by atoms with Crippen LogP contribution in [-0.2, 0) is 0 Å². The highest BCUT2D eigenvalue weighted by Crippen LogP contribution is 2.38. The number of anilines is 1. The average Bonchev–Trinajstić information content (AvgIpc) is 2.89. The molecule has 1 aromatic carbocycles. The Balaban J connectivity index is 1.51. The fourth-order valence-corrected chi connectivity index (χ4v) is 4.45. The summed E-state index contributed by atoms with van der Waals surface area (Å²) in [5.41, 5.74) is 8.52. The highest BCUT2D eigenvalue weighted by atomic mass is 16.5. The van der Waals surface area contributed by atoms with Gasteiger partial charge in [-0.2, -0.15) is 5.26 Å². The lowest BCUT2D eigenvalue weighted by atomic mass is 9.77. The summed E-state index contributed by atoms with van der Waals surface area (Å²) in [6.45, 7) is 0.421. The molecule has 1 aliphatic carbocycles. The first-order chi connectivity index (χ1) is 13.7. The van der Waals surface area contributed by atoms with Crippen LogP contribution in [0.2, 0.25) is 0 Å². The number of benzene rings is 1. The van der Waals surface area contributed by atoms with Crippen molar-refractivity contribution in [2.45, 2.75) is 50.4 Å². The number of rotatable bonds is 3. The van der Waals surface area contributed by atoms with Crippen LogP contribution < -0.4 is 10.5 Å². The van der Waals surface area contributed by atoms with Gasteiger partial charge in [-0.05, 0) is 55.1 Å². The van der Waals surface area contributed by atoms with Crippen molar-refractivity contribution in [1.29, 1.82) is 5.26 Å². The Hall–Kier alpha value is -2.94. The summed E-state index contributed by atoms with van der Waals surface area (Å²) in [6.07, 6.45) is 7.08. The molecule has 28 heavy (non-hydrogen) atoms. The van der Waals surface area contributed by atoms with Gasteiger partial charge in [0.05, 0.1) is 18.6 Å². The molecule has 0 saturated heterocycles. The molecule has 2 aromatic rings. The zero-order chi connectivity index (χ0) is 19.5. The summed E-state index contributed by atoms with van der Waals surface area (Å²) in [6, 6.07) is 10.7. The van der Waals surface area contributed by atoms with Crippen molar-refractivity contribution in [3.05, 3.63) is 47.3 Å². The van der Waals surface area contributed by atoms with Crippen LogP contribution >= 0.6 is 0 Å². The summed E-state index contributed by atoms with van der Waals surface area (Å²) >= 11 is 0. The number of nitriles is 1. The van der Waals surface area contributed by atoms with Crippen molar-refractivity contribution in [3.63, 3.8) is 0 Å². The van der Waals surface area contributed by atoms with E-state index in [1.165, 1.54) is 11.9 Å². The van der Waals surface area contributed by atoms with Crippen LogP contribution in [-0.4, -0.2) is 22.4 Å². The number of fused-ring (bicyclic) bond motifs is 1. The molecule has 0 amide bonds. The lowest BCUT2D eigenvalue weighted by molar-refractivity contribution is 0.0958. The minimum Gasteiger partial charge on any atom is -0.477 e. The number of aromatic nitrogens is 2. The normalized spacial score (nSPS) is 24.5. The van der Waals surface area contributed by atoms with Crippen molar-refractivity contribution in [2.75, 3.05) is 12.3 Å². The van der Waals surface area contributed by atoms with Crippen LogP contribution in [0.5, 0.6) is 5.88 Å². The Morgan fingerprint density at radius 2 is 1.79 bits per heavy atom. The van der Waals surface area contributed by atoms with Gasteiger partial charge in [-0.15, -0.1) is 0 Å². The fourth-order valence-electron chi connectivity index (χ4n) is 4.45. The number of hydrogen-bond donors (Lipinski definition) is 1. The number of nitrogens with two attached hydrogens (primary N) is 1. The summed E-state index contributed by atoms with van der Waals surface area (Å²) in [5.74, 6) is 1.18. The Labute approximate surface area is 164 Å². The van der Waals surface area contributed by atoms with Gasteiger partial charge in [0.25, 0.3) is 0 Å². The number of nitrogens with zero attached hydrogens (tertiary/aromatic N) is 3. The molecule has 1 aromatic heterocycles. The third-order valence-electron chi connectivity index (χ3n) is 6.09. The van der Waals surface area contributed by atoms with E-state index in [0.29, 0.717) is 36.8 Å². The summed E-state index contributed by atoms with van der Waals surface area (Å²) in [5, 5.41) is 8.87. The lowest BCUT2D eigenvalue weighted by Gasteiger charge is -2.27. The van der Waals surface area contributed by atoms with E-state index in [1.54, 1.807) is 0 Å². The van der Waals surface area contributed by atoms with E-state index in [1.807, 2.05) is 0 Å². The molecule has 1 unspecified atom stereocenters. The van der Waals surface area contributed by atoms with Gasteiger partial charge >= 0.3 is 0 Å². The van der Waals surface area contributed by atoms with Gasteiger partial charge in [0, 0.05) is 6.42 Å². The second kappa shape index (κ2) is 7.97. The van der Waals surface area contributed by atoms with Gasteiger partial charge in [0.15, 0.2) is 5.78 Å². The van der Waals surface area contributed by atoms with Crippen LogP contribution in [0.4, 0.5) is 5.82 Å². The van der Waals surface area contributed by atoms with Gasteiger partial charge in [0.1, 0.15) is 17.7 Å². The lowest BCUT2D eigenvalue weighted by Crippen LogP contribution is -2.15. The van der Waals surface area contributed by atoms with Crippen LogP contribution in [0, 0.1) is 17.2 Å². The van der Waals surface area contributed by atoms with Gasteiger partial charge in [-0.1, -0.05) is 24.3 Å². The molecule has 0 radical (unpaired) electrons. The number of hydrogen-bond acceptors (Lipinski definition) is 6. The van der Waals surface area contributed by atoms with Crippen molar-refractivity contribution in [1.82, 2.24) is 9.97 Å². The van der Waals surface area contributed by atoms with E-state index in [9.17, 15) is 4.79 Å². The third kappa shape index (κ3) is 3.57. The Morgan fingerprint density at radius 1 is 1.07 bits per heavy atom. The number of nitrogen functional groups attached to an aromatic ring is 1. The Kier molecular flexibility index (Phi) is 5.25. The van der Waals surface area contributed by atoms with Crippen LogP contribution in [0.3, 0.4) is 0 Å². The molecule has 2 aliphatic rings. The minimum absolute atomic E-state index is 0.0737. The van der Waals surface area contributed by atoms with Crippen molar-refractivity contribution < 1.29 is 9.53 Å². The van der Waals surface area contributed by atoms with E-state index < -0.39 is 0 Å². The number of ketones is 1. The molecule has 144 valence electrons. The summed E-state index contributed by atoms with van der Waals surface area (Å²) in [7, 11) is 0. The minimum atomic E-state index is -0.296. The first-order valence-corrected chi connectivity index (χ1v) is 9.91. The number of Topliss-reactive ketones (excluding diaryl/α,β-unsaturated/α-hetero) is 1. The number of ether oxygens (including phenoxy) is 1. The zero-order valence-corrected chi connectivity index (χ0v) is 15.8. The summed E-state index contributed by atoms with van der Waals surface area (Å²) in [4.78, 5) is 21.1. The largest absolute Gasteiger partial charge is 0.477 e. The molecule has 1 fully saturated rings. The second-order valence-corrected chi connectivity index (χ2v) is 7.74. The molecule has 2 heterocycles. The SMILES string of the molecule is N#CCC1CCC(c2ccc(C3CCOc4ncnc(N)c4C3=O)cc2)CC1. The van der Waals surface area contributed by atoms with Crippen molar-refractivity contribution in [2.24, 2.45) is 5.92 Å². The summed E-state index contributed by atoms with van der Waals surface area (Å²) < 4.78 is 5.63. The quantitative estimate of drug-likeness (QED) is 0.869. The average molecular weight is 376 g/mol. The maximum Gasteiger partial charge on any atom is 0.229 e. The second-order valence-electron chi connectivity index (χ2n) is 7.74. The molecule has 1 aliphatic heterocycles. The van der Waals surface area contributed by atoms with E-state index >= 15 is 0 Å². The number of carbonyl (C=O) groups is 1. The molecule has 0 spiro atoms. The Bertz CT molecular complexity index is 896. The predicted octanol–water partition coefficient (Wildman–Crippen LogP) is 4.00. The highest BCUT2D eigenvalue weighted by molar-refractivity contribution is 6.06. The van der Waals surface area contributed by atoms with Crippen LogP contribution in [0.25, 0.3) is 0 Å². The smallest absolute Gasteiger partial charge is 0.229 e. The molecule has 0 bridgehead atoms. The molecular weight excluding hydrogens is 352 g/mol. The molecule has 6 nitrogen and oxygen atoms in total. The molecule has 1 saturated carbocycles. The van der Waals surface area contributed by atoms with Crippen LogP contribution in [0.15, 0.2) is 30.6 Å². The molecular formula is C22H24N4O2. The monoisotopic (exact) mass is 376 g/mol. The predicted molar refractivity (Wildman–Crippen MR) is 105 cm³/mol. The van der Waals surface area contributed by atoms with Gasteiger partial charge in [-0.25, -0.2) is 9.97 Å². The molecule has 2 N–H and O–H groups in total. The van der Waals surface area contributed by atoms with E-state index in [2.05, 4.69) is 40.3 Å². The van der Waals surface area contributed by atoms with E-state index in [-0.39, 0.29) is 23.4 Å². The first kappa shape index (κ1) is 18.4. The van der Waals surface area contributed by atoms with E-state index in [4.69, 9.17) is 15.7 Å². The highest BCUT2D eigenvalue weighted by Gasteiger charge is 2.31. The van der Waals surface area contributed by atoms with Gasteiger partial charge in [0.2, 0.25) is 5.88 Å². The first-order valence-electron chi connectivity index (χ1n) is 9.91. The standard InChI is InChI=1S/C22H24N4O2/c23-11-9-14-1-3-15(4-2-14)16-5-7-17(8-6-16)18-10-12-28-22-19(20(18)27)21(24)25-13-26-22/h5-8,13-15,18H,1-4,9-10,12H2,(H2,24,25,26). The van der Waals surface area contributed by atoms with Gasteiger partial charge < -0.3 is 10.5 Å². The maximum atomic E-state index is 13.1. The molecule has 4 rings (SSSR count). The topological polar surface area (TPSA) is 102 Å². The maximum absolute atomic E-state index is 13.1. The van der Waals surface area contributed by atoms with Crippen molar-refractivity contribution in [3.8, 4) is 11.9 Å². The van der Waals surface area contributed by atoms with Crippen molar-refractivity contribution >= 4 is 11.6 Å².